The molecule has 0 aliphatic carbocycles. The lowest BCUT2D eigenvalue weighted by atomic mass is 10.1. The van der Waals surface area contributed by atoms with Crippen molar-refractivity contribution in [2.75, 3.05) is 25.1 Å². The number of ether oxygens (including phenoxy) is 3. The van der Waals surface area contributed by atoms with Gasteiger partial charge in [0.25, 0.3) is 0 Å². The predicted molar refractivity (Wildman–Crippen MR) is 143 cm³/mol. The van der Waals surface area contributed by atoms with Gasteiger partial charge in [-0.25, -0.2) is 9.59 Å². The monoisotopic (exact) mass is 503 g/mol. The Hall–Kier alpha value is -2.83. The quantitative estimate of drug-likeness (QED) is 0.0925. The second-order valence-corrected chi connectivity index (χ2v) is 8.68. The second-order valence-electron chi connectivity index (χ2n) is 8.68. The molecule has 0 aromatic heterocycles. The maximum Gasteiger partial charge on any atom is 0.348 e. The third-order valence-electron chi connectivity index (χ3n) is 5.59. The zero-order valence-electron chi connectivity index (χ0n) is 22.4. The van der Waals surface area contributed by atoms with E-state index in [2.05, 4.69) is 24.4 Å². The molecular weight excluding hydrogens is 458 g/mol. The second kappa shape index (κ2) is 20.4. The van der Waals surface area contributed by atoms with Gasteiger partial charge in [0.15, 0.2) is 0 Å². The van der Waals surface area contributed by atoms with Crippen LogP contribution in [-0.2, 0) is 23.8 Å². The molecule has 0 saturated carbocycles. The Morgan fingerprint density at radius 3 is 2.06 bits per heavy atom. The molecule has 0 heterocycles. The Bertz CT molecular complexity index is 774. The van der Waals surface area contributed by atoms with E-state index in [0.29, 0.717) is 0 Å². The van der Waals surface area contributed by atoms with Gasteiger partial charge in [-0.05, 0) is 63.8 Å². The van der Waals surface area contributed by atoms with Gasteiger partial charge in [-0.1, -0.05) is 57.6 Å². The van der Waals surface area contributed by atoms with E-state index in [1.807, 2.05) is 0 Å². The summed E-state index contributed by atoms with van der Waals surface area (Å²) in [5.74, 6) is -2.10. The fourth-order valence-electron chi connectivity index (χ4n) is 3.61. The summed E-state index contributed by atoms with van der Waals surface area (Å²) in [5, 5.41) is 3.34. The van der Waals surface area contributed by atoms with Crippen LogP contribution in [0.3, 0.4) is 0 Å². The Balaban J connectivity index is 2.33. The molecule has 0 amide bonds. The molecule has 1 rings (SSSR count). The highest BCUT2D eigenvalue weighted by Crippen LogP contribution is 2.14. The molecule has 1 unspecified atom stereocenters. The highest BCUT2D eigenvalue weighted by molar-refractivity contribution is 5.92. The molecule has 0 saturated heterocycles. The van der Waals surface area contributed by atoms with Crippen LogP contribution in [0.15, 0.2) is 36.4 Å². The topological polar surface area (TPSA) is 90.9 Å². The van der Waals surface area contributed by atoms with Crippen LogP contribution in [0.1, 0.15) is 102 Å². The summed E-state index contributed by atoms with van der Waals surface area (Å²) in [6.07, 6.45) is 15.4. The van der Waals surface area contributed by atoms with E-state index in [4.69, 9.17) is 14.2 Å². The predicted octanol–water partition coefficient (Wildman–Crippen LogP) is 6.62. The van der Waals surface area contributed by atoms with Crippen molar-refractivity contribution in [3.63, 3.8) is 0 Å². The first kappa shape index (κ1) is 31.2. The number of benzene rings is 1. The van der Waals surface area contributed by atoms with Gasteiger partial charge < -0.3 is 19.5 Å². The first-order valence-corrected chi connectivity index (χ1v) is 13.5. The highest BCUT2D eigenvalue weighted by Gasteiger charge is 2.28. The smallest absolute Gasteiger partial charge is 0.348 e. The van der Waals surface area contributed by atoms with Crippen LogP contribution in [-0.4, -0.2) is 43.8 Å². The average molecular weight is 504 g/mol. The number of hydrogen-bond acceptors (Lipinski definition) is 7. The van der Waals surface area contributed by atoms with Crippen molar-refractivity contribution in [2.45, 2.75) is 97.5 Å². The van der Waals surface area contributed by atoms with Crippen molar-refractivity contribution in [2.24, 2.45) is 0 Å². The molecule has 0 fully saturated rings. The average Bonchev–Trinajstić information content (AvgIpc) is 2.87. The number of hydrogen-bond donors (Lipinski definition) is 1. The van der Waals surface area contributed by atoms with Gasteiger partial charge in [0.2, 0.25) is 6.10 Å². The van der Waals surface area contributed by atoms with Gasteiger partial charge in [-0.2, -0.15) is 0 Å². The number of esters is 3. The van der Waals surface area contributed by atoms with E-state index < -0.39 is 24.0 Å². The molecule has 1 aromatic carbocycles. The van der Waals surface area contributed by atoms with Crippen LogP contribution in [0.2, 0.25) is 0 Å². The summed E-state index contributed by atoms with van der Waals surface area (Å²) in [6.45, 7) is 6.67. The lowest BCUT2D eigenvalue weighted by Crippen LogP contribution is -2.32. The van der Waals surface area contributed by atoms with E-state index in [-0.39, 0.29) is 25.2 Å². The van der Waals surface area contributed by atoms with Crippen molar-refractivity contribution < 1.29 is 28.6 Å². The van der Waals surface area contributed by atoms with Gasteiger partial charge in [0.05, 0.1) is 25.2 Å². The lowest BCUT2D eigenvalue weighted by Gasteiger charge is -2.16. The molecule has 0 radical (unpaired) electrons. The normalized spacial score (nSPS) is 11.8. The Kier molecular flexibility index (Phi) is 17.7. The lowest BCUT2D eigenvalue weighted by molar-refractivity contribution is -0.160. The number of carbonyl (C=O) groups excluding carboxylic acids is 3. The minimum atomic E-state index is -1.34. The summed E-state index contributed by atoms with van der Waals surface area (Å²) < 4.78 is 15.0. The Labute approximate surface area is 217 Å². The van der Waals surface area contributed by atoms with Crippen molar-refractivity contribution in [1.29, 1.82) is 0 Å². The van der Waals surface area contributed by atoms with Crippen LogP contribution in [0.5, 0.6) is 0 Å². The summed E-state index contributed by atoms with van der Waals surface area (Å²) in [5.41, 5.74) is 1.18. The highest BCUT2D eigenvalue weighted by atomic mass is 16.6. The maximum absolute atomic E-state index is 12.5. The molecular formula is C29H45NO6. The first-order valence-electron chi connectivity index (χ1n) is 13.5. The number of rotatable bonds is 20. The SMILES string of the molecule is CCCCCCCCC/C=C/CCCNc1ccc(C(=O)OC(CC(=O)OCC)C(=O)OCC)cc1. The largest absolute Gasteiger partial charge is 0.466 e. The Morgan fingerprint density at radius 2 is 1.42 bits per heavy atom. The summed E-state index contributed by atoms with van der Waals surface area (Å²) >= 11 is 0. The van der Waals surface area contributed by atoms with Gasteiger partial charge in [-0.15, -0.1) is 0 Å². The van der Waals surface area contributed by atoms with E-state index in [9.17, 15) is 14.4 Å². The van der Waals surface area contributed by atoms with E-state index in [0.717, 1.165) is 31.5 Å². The molecule has 202 valence electrons. The molecule has 1 atom stereocenters. The van der Waals surface area contributed by atoms with Crippen LogP contribution < -0.4 is 5.32 Å². The fourth-order valence-corrected chi connectivity index (χ4v) is 3.61. The fraction of sp³-hybridized carbons (Fsp3) is 0.621. The number of allylic oxidation sites excluding steroid dienone is 2. The van der Waals surface area contributed by atoms with E-state index >= 15 is 0 Å². The first-order chi connectivity index (χ1) is 17.5. The van der Waals surface area contributed by atoms with E-state index in [1.165, 1.54) is 44.9 Å². The molecule has 7 nitrogen and oxygen atoms in total. The van der Waals surface area contributed by atoms with Crippen molar-refractivity contribution in [3.05, 3.63) is 42.0 Å². The standard InChI is InChI=1S/C29H45NO6/c1-4-7-8-9-10-11-12-13-14-15-16-17-22-30-25-20-18-24(19-21-25)28(32)36-26(29(33)35-6-3)23-27(31)34-5-2/h14-15,18-21,26,30H,4-13,16-17,22-23H2,1-3H3/b15-14+. The number of unbranched alkanes of at least 4 members (excludes halogenated alkanes) is 8. The molecule has 1 aromatic rings. The number of carbonyl (C=O) groups is 3. The van der Waals surface area contributed by atoms with Gasteiger partial charge in [0.1, 0.15) is 0 Å². The van der Waals surface area contributed by atoms with Crippen molar-refractivity contribution in [1.82, 2.24) is 0 Å². The molecule has 0 aliphatic heterocycles. The minimum absolute atomic E-state index is 0.116. The third-order valence-corrected chi connectivity index (χ3v) is 5.59. The van der Waals surface area contributed by atoms with Crippen LogP contribution in [0.4, 0.5) is 5.69 Å². The molecule has 1 N–H and O–H groups in total. The maximum atomic E-state index is 12.5. The van der Waals surface area contributed by atoms with Gasteiger partial charge >= 0.3 is 17.9 Å². The molecule has 7 heteroatoms. The molecule has 0 spiro atoms. The summed E-state index contributed by atoms with van der Waals surface area (Å²) in [7, 11) is 0. The zero-order valence-corrected chi connectivity index (χ0v) is 22.4. The summed E-state index contributed by atoms with van der Waals surface area (Å²) in [4.78, 5) is 36.3. The minimum Gasteiger partial charge on any atom is -0.466 e. The molecule has 0 bridgehead atoms. The zero-order chi connectivity index (χ0) is 26.4. The van der Waals surface area contributed by atoms with Crippen molar-refractivity contribution >= 4 is 23.6 Å². The van der Waals surface area contributed by atoms with Gasteiger partial charge in [0, 0.05) is 12.2 Å². The van der Waals surface area contributed by atoms with Crippen molar-refractivity contribution in [3.8, 4) is 0 Å². The number of anilines is 1. The summed E-state index contributed by atoms with van der Waals surface area (Å²) in [6, 6.07) is 6.83. The molecule has 0 aliphatic rings. The van der Waals surface area contributed by atoms with Gasteiger partial charge in [-0.3, -0.25) is 4.79 Å². The number of nitrogens with one attached hydrogen (secondary N) is 1. The van der Waals surface area contributed by atoms with Crippen LogP contribution in [0.25, 0.3) is 0 Å². The Morgan fingerprint density at radius 1 is 0.806 bits per heavy atom. The van der Waals surface area contributed by atoms with Crippen LogP contribution >= 0.6 is 0 Å². The van der Waals surface area contributed by atoms with E-state index in [1.54, 1.807) is 38.1 Å². The third kappa shape index (κ3) is 14.5. The van der Waals surface area contributed by atoms with Crippen LogP contribution in [0, 0.1) is 0 Å². The molecule has 36 heavy (non-hydrogen) atoms.